The van der Waals surface area contributed by atoms with Crippen LogP contribution in [0.4, 0.5) is 0 Å². The average molecular weight is 418 g/mol. The summed E-state index contributed by atoms with van der Waals surface area (Å²) in [7, 11) is -1.52. The minimum absolute atomic E-state index is 0.00341. The summed E-state index contributed by atoms with van der Waals surface area (Å²) in [5.41, 5.74) is 1.43. The van der Waals surface area contributed by atoms with Crippen LogP contribution in [0.15, 0.2) is 48.5 Å². The smallest absolute Gasteiger partial charge is 0.254 e. The molecule has 2 aromatic carbocycles. The Morgan fingerprint density at radius 3 is 2.21 bits per heavy atom. The lowest BCUT2D eigenvalue weighted by atomic mass is 10.1. The van der Waals surface area contributed by atoms with E-state index in [4.69, 9.17) is 9.47 Å². The first kappa shape index (κ1) is 21.2. The van der Waals surface area contributed by atoms with Crippen LogP contribution in [-0.4, -0.2) is 50.0 Å². The van der Waals surface area contributed by atoms with Gasteiger partial charge in [-0.15, -0.1) is 0 Å². The SMILES string of the molecule is COc1ccc(CN(C(=O)c2ccc(OC(C)C)cc2)C2CCS(=O)(=O)C2)cc1. The van der Waals surface area contributed by atoms with Gasteiger partial charge in [-0.2, -0.15) is 0 Å². The Bertz CT molecular complexity index is 936. The molecule has 1 heterocycles. The quantitative estimate of drug-likeness (QED) is 0.691. The number of sulfone groups is 1. The summed E-state index contributed by atoms with van der Waals surface area (Å²) in [6.45, 7) is 4.22. The maximum absolute atomic E-state index is 13.3. The molecule has 1 aliphatic rings. The number of ether oxygens (including phenoxy) is 2. The Balaban J connectivity index is 1.84. The van der Waals surface area contributed by atoms with Crippen molar-refractivity contribution in [3.05, 3.63) is 59.7 Å². The van der Waals surface area contributed by atoms with E-state index in [1.54, 1.807) is 36.3 Å². The van der Waals surface area contributed by atoms with Crippen molar-refractivity contribution < 1.29 is 22.7 Å². The third-order valence-corrected chi connectivity index (χ3v) is 6.65. The van der Waals surface area contributed by atoms with Gasteiger partial charge >= 0.3 is 0 Å². The number of nitrogens with zero attached hydrogens (tertiary/aromatic N) is 1. The van der Waals surface area contributed by atoms with Gasteiger partial charge in [0.25, 0.3) is 5.91 Å². The number of benzene rings is 2. The van der Waals surface area contributed by atoms with E-state index in [9.17, 15) is 13.2 Å². The Kier molecular flexibility index (Phi) is 6.47. The molecule has 0 radical (unpaired) electrons. The molecule has 1 atom stereocenters. The van der Waals surface area contributed by atoms with E-state index in [1.165, 1.54) is 0 Å². The molecular weight excluding hydrogens is 390 g/mol. The fraction of sp³-hybridized carbons (Fsp3) is 0.409. The van der Waals surface area contributed by atoms with E-state index in [-0.39, 0.29) is 29.6 Å². The summed E-state index contributed by atoms with van der Waals surface area (Å²) in [5, 5.41) is 0. The summed E-state index contributed by atoms with van der Waals surface area (Å²) >= 11 is 0. The first-order valence-corrected chi connectivity index (χ1v) is 11.5. The molecule has 1 fully saturated rings. The number of rotatable bonds is 7. The predicted molar refractivity (Wildman–Crippen MR) is 112 cm³/mol. The molecule has 1 aliphatic heterocycles. The highest BCUT2D eigenvalue weighted by Gasteiger charge is 2.35. The highest BCUT2D eigenvalue weighted by molar-refractivity contribution is 7.91. The zero-order valence-electron chi connectivity index (χ0n) is 17.0. The molecule has 29 heavy (non-hydrogen) atoms. The molecule has 1 amide bonds. The molecule has 1 saturated heterocycles. The van der Waals surface area contributed by atoms with Crippen LogP contribution < -0.4 is 9.47 Å². The summed E-state index contributed by atoms with van der Waals surface area (Å²) in [6, 6.07) is 14.1. The molecule has 3 rings (SSSR count). The number of carbonyl (C=O) groups excluding carboxylic acids is 1. The van der Waals surface area contributed by atoms with Crippen LogP contribution in [0.2, 0.25) is 0 Å². The van der Waals surface area contributed by atoms with E-state index in [1.807, 2.05) is 38.1 Å². The van der Waals surface area contributed by atoms with E-state index < -0.39 is 9.84 Å². The largest absolute Gasteiger partial charge is 0.497 e. The van der Waals surface area contributed by atoms with Crippen LogP contribution in [0.3, 0.4) is 0 Å². The molecule has 0 spiro atoms. The van der Waals surface area contributed by atoms with Gasteiger partial charge in [0.15, 0.2) is 9.84 Å². The molecule has 0 N–H and O–H groups in total. The summed E-state index contributed by atoms with van der Waals surface area (Å²) < 4.78 is 34.9. The van der Waals surface area contributed by atoms with Crippen molar-refractivity contribution in [1.29, 1.82) is 0 Å². The van der Waals surface area contributed by atoms with Gasteiger partial charge in [-0.25, -0.2) is 8.42 Å². The topological polar surface area (TPSA) is 72.9 Å². The van der Waals surface area contributed by atoms with Crippen LogP contribution in [0.5, 0.6) is 11.5 Å². The second-order valence-electron chi connectivity index (χ2n) is 7.53. The van der Waals surface area contributed by atoms with Crippen molar-refractivity contribution in [1.82, 2.24) is 4.90 Å². The first-order chi connectivity index (χ1) is 13.8. The molecule has 0 bridgehead atoms. The second-order valence-corrected chi connectivity index (χ2v) is 9.76. The zero-order chi connectivity index (χ0) is 21.0. The Morgan fingerprint density at radius 1 is 1.07 bits per heavy atom. The van der Waals surface area contributed by atoms with E-state index in [0.717, 1.165) is 11.3 Å². The van der Waals surface area contributed by atoms with E-state index in [2.05, 4.69) is 0 Å². The van der Waals surface area contributed by atoms with Gasteiger partial charge in [-0.05, 0) is 62.2 Å². The lowest BCUT2D eigenvalue weighted by molar-refractivity contribution is 0.0681. The van der Waals surface area contributed by atoms with Gasteiger partial charge in [0.2, 0.25) is 0 Å². The third-order valence-electron chi connectivity index (χ3n) is 4.90. The van der Waals surface area contributed by atoms with Crippen molar-refractivity contribution in [2.75, 3.05) is 18.6 Å². The highest BCUT2D eigenvalue weighted by Crippen LogP contribution is 2.24. The maximum atomic E-state index is 13.3. The lowest BCUT2D eigenvalue weighted by Gasteiger charge is -2.28. The lowest BCUT2D eigenvalue weighted by Crippen LogP contribution is -2.40. The fourth-order valence-electron chi connectivity index (χ4n) is 3.43. The molecule has 0 saturated carbocycles. The van der Waals surface area contributed by atoms with E-state index in [0.29, 0.717) is 24.3 Å². The normalized spacial score (nSPS) is 17.9. The van der Waals surface area contributed by atoms with Crippen LogP contribution in [0, 0.1) is 0 Å². The van der Waals surface area contributed by atoms with Gasteiger partial charge < -0.3 is 14.4 Å². The highest BCUT2D eigenvalue weighted by atomic mass is 32.2. The minimum Gasteiger partial charge on any atom is -0.497 e. The van der Waals surface area contributed by atoms with Crippen molar-refractivity contribution in [3.8, 4) is 11.5 Å². The number of methoxy groups -OCH3 is 1. The van der Waals surface area contributed by atoms with Crippen LogP contribution in [0.25, 0.3) is 0 Å². The van der Waals surface area contributed by atoms with Gasteiger partial charge in [0.05, 0.1) is 24.7 Å². The van der Waals surface area contributed by atoms with Gasteiger partial charge in [-0.1, -0.05) is 12.1 Å². The molecular formula is C22H27NO5S. The van der Waals surface area contributed by atoms with Crippen LogP contribution in [0.1, 0.15) is 36.2 Å². The first-order valence-electron chi connectivity index (χ1n) is 9.68. The van der Waals surface area contributed by atoms with Gasteiger partial charge in [0.1, 0.15) is 11.5 Å². The summed E-state index contributed by atoms with van der Waals surface area (Å²) in [5.74, 6) is 1.37. The summed E-state index contributed by atoms with van der Waals surface area (Å²) in [4.78, 5) is 14.9. The van der Waals surface area contributed by atoms with Crippen molar-refractivity contribution in [2.24, 2.45) is 0 Å². The summed E-state index contributed by atoms with van der Waals surface area (Å²) in [6.07, 6.45) is 0.505. The Hall–Kier alpha value is -2.54. The maximum Gasteiger partial charge on any atom is 0.254 e. The minimum atomic E-state index is -3.11. The van der Waals surface area contributed by atoms with Crippen molar-refractivity contribution >= 4 is 15.7 Å². The predicted octanol–water partition coefficient (Wildman–Crippen LogP) is 3.31. The second kappa shape index (κ2) is 8.86. The standard InChI is InChI=1S/C22H27NO5S/c1-16(2)28-21-10-6-18(7-11-21)22(24)23(19-12-13-29(25,26)15-19)14-17-4-8-20(27-3)9-5-17/h4-11,16,19H,12-15H2,1-3H3. The fourth-order valence-corrected chi connectivity index (χ4v) is 5.16. The van der Waals surface area contributed by atoms with Gasteiger partial charge in [0, 0.05) is 18.2 Å². The van der Waals surface area contributed by atoms with Gasteiger partial charge in [-0.3, -0.25) is 4.79 Å². The average Bonchev–Trinajstić information content (AvgIpc) is 3.05. The Morgan fingerprint density at radius 2 is 1.69 bits per heavy atom. The van der Waals surface area contributed by atoms with Crippen molar-refractivity contribution in [2.45, 2.75) is 39.0 Å². The number of amides is 1. The molecule has 156 valence electrons. The number of carbonyl (C=O) groups is 1. The van der Waals surface area contributed by atoms with Crippen LogP contribution >= 0.6 is 0 Å². The molecule has 6 nitrogen and oxygen atoms in total. The monoisotopic (exact) mass is 417 g/mol. The third kappa shape index (κ3) is 5.50. The van der Waals surface area contributed by atoms with E-state index >= 15 is 0 Å². The molecule has 1 unspecified atom stereocenters. The Labute approximate surface area is 172 Å². The molecule has 0 aliphatic carbocycles. The number of hydrogen-bond acceptors (Lipinski definition) is 5. The number of hydrogen-bond donors (Lipinski definition) is 0. The zero-order valence-corrected chi connectivity index (χ0v) is 17.8. The van der Waals surface area contributed by atoms with Crippen molar-refractivity contribution in [3.63, 3.8) is 0 Å². The molecule has 7 heteroatoms. The van der Waals surface area contributed by atoms with Crippen LogP contribution in [-0.2, 0) is 16.4 Å². The molecule has 0 aromatic heterocycles. The molecule has 2 aromatic rings.